The van der Waals surface area contributed by atoms with Crippen LogP contribution in [0.1, 0.15) is 39.7 Å². The van der Waals surface area contributed by atoms with Crippen molar-refractivity contribution >= 4 is 10.8 Å². The number of rotatable bonds is 5. The van der Waals surface area contributed by atoms with Crippen LogP contribution in [-0.2, 0) is 6.42 Å². The summed E-state index contributed by atoms with van der Waals surface area (Å²) in [5.41, 5.74) is 1.70. The highest BCUT2D eigenvalue weighted by Crippen LogP contribution is 2.22. The van der Waals surface area contributed by atoms with Crippen molar-refractivity contribution in [3.05, 3.63) is 48.0 Å². The fourth-order valence-corrected chi connectivity index (χ4v) is 2.64. The Bertz CT molecular complexity index is 546. The van der Waals surface area contributed by atoms with Crippen molar-refractivity contribution in [3.8, 4) is 0 Å². The molecule has 0 heterocycles. The van der Waals surface area contributed by atoms with E-state index in [2.05, 4.69) is 75.5 Å². The number of benzene rings is 2. The fourth-order valence-electron chi connectivity index (χ4n) is 2.64. The van der Waals surface area contributed by atoms with Crippen LogP contribution in [0.15, 0.2) is 42.5 Å². The average molecular weight is 269 g/mol. The van der Waals surface area contributed by atoms with Gasteiger partial charge in [-0.15, -0.1) is 0 Å². The van der Waals surface area contributed by atoms with Crippen molar-refractivity contribution in [1.29, 1.82) is 0 Å². The molecular weight excluding hydrogens is 242 g/mol. The molecule has 0 saturated carbocycles. The summed E-state index contributed by atoms with van der Waals surface area (Å²) in [6.45, 7) is 10.1. The molecule has 0 aliphatic rings. The molecule has 0 aliphatic carbocycles. The Balaban J connectivity index is 1.98. The summed E-state index contributed by atoms with van der Waals surface area (Å²) >= 11 is 0. The number of fused-ring (bicyclic) bond motifs is 1. The summed E-state index contributed by atoms with van der Waals surface area (Å²) in [5.74, 6) is 0.704. The van der Waals surface area contributed by atoms with Crippen LogP contribution in [0.2, 0.25) is 0 Å². The van der Waals surface area contributed by atoms with E-state index < -0.39 is 0 Å². The van der Waals surface area contributed by atoms with Gasteiger partial charge >= 0.3 is 0 Å². The average Bonchev–Trinajstić information content (AvgIpc) is 2.37. The molecule has 1 atom stereocenters. The van der Waals surface area contributed by atoms with E-state index in [9.17, 15) is 0 Å². The lowest BCUT2D eigenvalue weighted by atomic mass is 9.94. The van der Waals surface area contributed by atoms with Crippen LogP contribution in [0.4, 0.5) is 0 Å². The highest BCUT2D eigenvalue weighted by Gasteiger charge is 2.10. The lowest BCUT2D eigenvalue weighted by molar-refractivity contribution is 0.394. The molecule has 0 aromatic heterocycles. The van der Waals surface area contributed by atoms with Crippen LogP contribution in [0.5, 0.6) is 0 Å². The molecule has 2 aromatic rings. The molecule has 0 saturated heterocycles. The Hall–Kier alpha value is -1.34. The van der Waals surface area contributed by atoms with E-state index in [1.165, 1.54) is 22.8 Å². The van der Waals surface area contributed by atoms with E-state index in [0.29, 0.717) is 5.92 Å². The second-order valence-corrected chi connectivity index (χ2v) is 6.91. The Labute approximate surface area is 123 Å². The Morgan fingerprint density at radius 1 is 1.00 bits per heavy atom. The minimum Gasteiger partial charge on any atom is -0.312 e. The summed E-state index contributed by atoms with van der Waals surface area (Å²) in [5, 5.41) is 6.34. The summed E-state index contributed by atoms with van der Waals surface area (Å²) in [6.07, 6.45) is 2.38. The maximum Gasteiger partial charge on any atom is 0.00965 e. The van der Waals surface area contributed by atoms with Crippen molar-refractivity contribution in [2.75, 3.05) is 6.54 Å². The molecule has 0 fully saturated rings. The summed E-state index contributed by atoms with van der Waals surface area (Å²) in [7, 11) is 0. The molecule has 1 heteroatoms. The number of nitrogens with one attached hydrogen (secondary N) is 1. The minimum atomic E-state index is 0.221. The van der Waals surface area contributed by atoms with Gasteiger partial charge in [0.25, 0.3) is 0 Å². The van der Waals surface area contributed by atoms with Gasteiger partial charge in [-0.3, -0.25) is 0 Å². The van der Waals surface area contributed by atoms with Gasteiger partial charge in [-0.25, -0.2) is 0 Å². The zero-order valence-electron chi connectivity index (χ0n) is 13.2. The summed E-state index contributed by atoms with van der Waals surface area (Å²) in [4.78, 5) is 0. The van der Waals surface area contributed by atoms with E-state index in [1.807, 2.05) is 0 Å². The second-order valence-electron chi connectivity index (χ2n) is 6.91. The molecule has 1 nitrogen and oxygen atoms in total. The molecular formula is C19H27N. The zero-order chi connectivity index (χ0) is 14.6. The standard InChI is InChI=1S/C19H27N/c1-15(12-13-20-19(2,3)4)14-17-10-7-9-16-8-5-6-11-18(16)17/h5-11,15,20H,12-14H2,1-4H3. The minimum absolute atomic E-state index is 0.221. The van der Waals surface area contributed by atoms with E-state index in [-0.39, 0.29) is 5.54 Å². The van der Waals surface area contributed by atoms with Gasteiger partial charge in [0, 0.05) is 5.54 Å². The van der Waals surface area contributed by atoms with Gasteiger partial charge in [0.1, 0.15) is 0 Å². The van der Waals surface area contributed by atoms with Gasteiger partial charge < -0.3 is 5.32 Å². The third kappa shape index (κ3) is 4.35. The molecule has 0 spiro atoms. The molecule has 0 radical (unpaired) electrons. The molecule has 2 aromatic carbocycles. The predicted molar refractivity (Wildman–Crippen MR) is 89.2 cm³/mol. The maximum atomic E-state index is 3.58. The van der Waals surface area contributed by atoms with Crippen LogP contribution in [0.3, 0.4) is 0 Å². The Morgan fingerprint density at radius 3 is 2.45 bits per heavy atom. The van der Waals surface area contributed by atoms with Gasteiger partial charge in [-0.2, -0.15) is 0 Å². The van der Waals surface area contributed by atoms with Crippen molar-refractivity contribution in [2.45, 2.75) is 46.1 Å². The SMILES string of the molecule is CC(CCNC(C)(C)C)Cc1cccc2ccccc12. The van der Waals surface area contributed by atoms with Crippen LogP contribution in [-0.4, -0.2) is 12.1 Å². The molecule has 0 amide bonds. The van der Waals surface area contributed by atoms with E-state index >= 15 is 0 Å². The second kappa shape index (κ2) is 6.41. The third-order valence-electron chi connectivity index (χ3n) is 3.74. The lowest BCUT2D eigenvalue weighted by Crippen LogP contribution is -2.37. The van der Waals surface area contributed by atoms with Crippen LogP contribution in [0.25, 0.3) is 10.8 Å². The highest BCUT2D eigenvalue weighted by atomic mass is 14.9. The first kappa shape index (κ1) is 15.1. The van der Waals surface area contributed by atoms with Crippen LogP contribution < -0.4 is 5.32 Å². The normalized spacial score (nSPS) is 13.6. The smallest absolute Gasteiger partial charge is 0.00965 e. The summed E-state index contributed by atoms with van der Waals surface area (Å²) < 4.78 is 0. The first-order valence-corrected chi connectivity index (χ1v) is 7.67. The third-order valence-corrected chi connectivity index (χ3v) is 3.74. The van der Waals surface area contributed by atoms with E-state index in [4.69, 9.17) is 0 Å². The number of hydrogen-bond acceptors (Lipinski definition) is 1. The van der Waals surface area contributed by atoms with Gasteiger partial charge in [0.05, 0.1) is 0 Å². The van der Waals surface area contributed by atoms with Crippen molar-refractivity contribution in [2.24, 2.45) is 5.92 Å². The van der Waals surface area contributed by atoms with E-state index in [0.717, 1.165) is 13.0 Å². The maximum absolute atomic E-state index is 3.58. The molecule has 2 rings (SSSR count). The monoisotopic (exact) mass is 269 g/mol. The first-order valence-electron chi connectivity index (χ1n) is 7.67. The Morgan fingerprint density at radius 2 is 1.70 bits per heavy atom. The fraction of sp³-hybridized carbons (Fsp3) is 0.474. The van der Waals surface area contributed by atoms with Crippen LogP contribution in [0, 0.1) is 5.92 Å². The predicted octanol–water partition coefficient (Wildman–Crippen LogP) is 4.80. The quantitative estimate of drug-likeness (QED) is 0.822. The van der Waals surface area contributed by atoms with Gasteiger partial charge in [-0.1, -0.05) is 49.4 Å². The van der Waals surface area contributed by atoms with E-state index in [1.54, 1.807) is 0 Å². The molecule has 108 valence electrons. The Kier molecular flexibility index (Phi) is 4.82. The highest BCUT2D eigenvalue weighted by molar-refractivity contribution is 5.85. The summed E-state index contributed by atoms with van der Waals surface area (Å²) in [6, 6.07) is 15.3. The lowest BCUT2D eigenvalue weighted by Gasteiger charge is -2.22. The first-order chi connectivity index (χ1) is 9.46. The number of hydrogen-bond donors (Lipinski definition) is 1. The van der Waals surface area contributed by atoms with Gasteiger partial charge in [0.15, 0.2) is 0 Å². The van der Waals surface area contributed by atoms with Crippen molar-refractivity contribution in [1.82, 2.24) is 5.32 Å². The van der Waals surface area contributed by atoms with Crippen molar-refractivity contribution in [3.63, 3.8) is 0 Å². The molecule has 1 unspecified atom stereocenters. The largest absolute Gasteiger partial charge is 0.312 e. The van der Waals surface area contributed by atoms with Gasteiger partial charge in [0.2, 0.25) is 0 Å². The molecule has 20 heavy (non-hydrogen) atoms. The zero-order valence-corrected chi connectivity index (χ0v) is 13.2. The topological polar surface area (TPSA) is 12.0 Å². The molecule has 0 aliphatic heterocycles. The molecule has 1 N–H and O–H groups in total. The van der Waals surface area contributed by atoms with Crippen molar-refractivity contribution < 1.29 is 0 Å². The van der Waals surface area contributed by atoms with Crippen LogP contribution >= 0.6 is 0 Å². The van der Waals surface area contributed by atoms with Gasteiger partial charge in [-0.05, 0) is 62.4 Å². The molecule has 0 bridgehead atoms.